The molecule has 0 N–H and O–H groups in total. The molecule has 2 heterocycles. The number of alkyl halides is 1. The normalized spacial score (nSPS) is 18.2. The molecule has 2 aliphatic rings. The summed E-state index contributed by atoms with van der Waals surface area (Å²) in [4.78, 5) is 0. The van der Waals surface area contributed by atoms with Crippen molar-refractivity contribution in [3.63, 3.8) is 0 Å². The molecular weight excluding hydrogens is 589 g/mol. The van der Waals surface area contributed by atoms with E-state index in [4.69, 9.17) is 4.74 Å². The molecule has 33 heavy (non-hydrogen) atoms. The number of hydrogen-bond donors (Lipinski definition) is 0. The first-order chi connectivity index (χ1) is 16.3. The van der Waals surface area contributed by atoms with Crippen molar-refractivity contribution in [3.05, 3.63) is 82.4 Å². The van der Waals surface area contributed by atoms with Crippen molar-refractivity contribution in [2.45, 2.75) is 6.42 Å². The third-order valence-corrected chi connectivity index (χ3v) is 13.5. The molecule has 0 aromatic heterocycles. The lowest BCUT2D eigenvalue weighted by molar-refractivity contribution is 0.352. The second-order valence-electron chi connectivity index (χ2n) is 7.12. The van der Waals surface area contributed by atoms with Gasteiger partial charge in [0, 0.05) is 21.9 Å². The molecule has 3 aromatic rings. The Morgan fingerprint density at radius 1 is 0.758 bits per heavy atom. The molecule has 0 fully saturated rings. The minimum Gasteiger partial charge on any atom is -0.491 e. The number of fused-ring (bicyclic) bond motifs is 2. The molecule has 0 radical (unpaired) electrons. The van der Waals surface area contributed by atoms with E-state index in [0.29, 0.717) is 6.61 Å². The number of ether oxygens (including phenoxy) is 1. The van der Waals surface area contributed by atoms with Gasteiger partial charge >= 0.3 is 0 Å². The highest BCUT2D eigenvalue weighted by atomic mass is 79.9. The first-order valence-corrected chi connectivity index (χ1v) is 17.0. The van der Waals surface area contributed by atoms with Crippen LogP contribution in [0.2, 0.25) is 0 Å². The van der Waals surface area contributed by atoms with Crippen LogP contribution in [0, 0.1) is 0 Å². The largest absolute Gasteiger partial charge is 0.491 e. The zero-order valence-corrected chi connectivity index (χ0v) is 24.1. The average Bonchev–Trinajstić information content (AvgIpc) is 3.51. The highest BCUT2D eigenvalue weighted by molar-refractivity contribution is 9.09. The maximum absolute atomic E-state index is 6.38. The minimum atomic E-state index is 0.691. The van der Waals surface area contributed by atoms with Crippen LogP contribution in [-0.4, -0.2) is 23.4 Å². The first kappa shape index (κ1) is 24.5. The Labute approximate surface area is 228 Å². The summed E-state index contributed by atoms with van der Waals surface area (Å²) in [6.45, 7) is 0.691. The van der Waals surface area contributed by atoms with Crippen molar-refractivity contribution in [1.82, 2.24) is 0 Å². The van der Waals surface area contributed by atoms with Crippen LogP contribution in [0.25, 0.3) is 21.5 Å². The number of hydrogen-bond acceptors (Lipinski definition) is 7. The molecule has 0 spiro atoms. The molecule has 0 saturated carbocycles. The van der Waals surface area contributed by atoms with Crippen LogP contribution in [0.1, 0.15) is 6.42 Å². The van der Waals surface area contributed by atoms with E-state index in [1.54, 1.807) is 0 Å². The summed E-state index contributed by atoms with van der Waals surface area (Å²) >= 11 is 15.0. The molecule has 0 atom stereocenters. The van der Waals surface area contributed by atoms with Gasteiger partial charge in [-0.2, -0.15) is 0 Å². The van der Waals surface area contributed by atoms with Crippen LogP contribution in [-0.2, 0) is 0 Å². The van der Waals surface area contributed by atoms with Crippen molar-refractivity contribution in [3.8, 4) is 5.75 Å². The molecule has 0 amide bonds. The Hall–Kier alpha value is -0.220. The van der Waals surface area contributed by atoms with E-state index in [-0.39, 0.29) is 0 Å². The van der Waals surface area contributed by atoms with Crippen molar-refractivity contribution < 1.29 is 4.74 Å². The zero-order valence-electron chi connectivity index (χ0n) is 17.6. The van der Waals surface area contributed by atoms with E-state index in [1.165, 1.54) is 50.7 Å². The SMILES string of the molecule is BrCCCSC1=CS/C(=C2/SC=C(SCCOc3c4ccccc4cc4ccccc34)S2)S1. The molecule has 0 aliphatic carbocycles. The summed E-state index contributed by atoms with van der Waals surface area (Å²) in [5, 5.41) is 10.5. The number of benzene rings is 3. The molecule has 170 valence electrons. The quantitative estimate of drug-likeness (QED) is 0.134. The van der Waals surface area contributed by atoms with Crippen LogP contribution in [0.4, 0.5) is 0 Å². The fraction of sp³-hybridized carbons (Fsp3) is 0.200. The zero-order chi connectivity index (χ0) is 22.5. The van der Waals surface area contributed by atoms with Crippen LogP contribution < -0.4 is 4.74 Å². The van der Waals surface area contributed by atoms with Crippen LogP contribution in [0.5, 0.6) is 5.75 Å². The lowest BCUT2D eigenvalue weighted by Crippen LogP contribution is -2.01. The molecule has 5 rings (SSSR count). The second kappa shape index (κ2) is 12.2. The second-order valence-corrected chi connectivity index (χ2v) is 15.1. The number of rotatable bonds is 9. The van der Waals surface area contributed by atoms with Crippen molar-refractivity contribution in [1.29, 1.82) is 0 Å². The van der Waals surface area contributed by atoms with Gasteiger partial charge < -0.3 is 4.74 Å². The lowest BCUT2D eigenvalue weighted by atomic mass is 10.0. The Bertz CT molecular complexity index is 1200. The molecule has 1 nitrogen and oxygen atoms in total. The molecule has 3 aromatic carbocycles. The van der Waals surface area contributed by atoms with Gasteiger partial charge in [-0.3, -0.25) is 0 Å². The van der Waals surface area contributed by atoms with E-state index in [0.717, 1.165) is 16.8 Å². The summed E-state index contributed by atoms with van der Waals surface area (Å²) in [6, 6.07) is 19.2. The number of thioether (sulfide) groups is 6. The predicted molar refractivity (Wildman–Crippen MR) is 164 cm³/mol. The average molecular weight is 610 g/mol. The van der Waals surface area contributed by atoms with Crippen molar-refractivity contribution in [2.75, 3.05) is 23.4 Å². The highest BCUT2D eigenvalue weighted by Gasteiger charge is 2.22. The van der Waals surface area contributed by atoms with E-state index < -0.39 is 0 Å². The van der Waals surface area contributed by atoms with Gasteiger partial charge in [-0.1, -0.05) is 112 Å². The van der Waals surface area contributed by atoms with Crippen LogP contribution in [0.3, 0.4) is 0 Å². The van der Waals surface area contributed by atoms with Gasteiger partial charge in [-0.25, -0.2) is 0 Å². The fourth-order valence-electron chi connectivity index (χ4n) is 3.43. The predicted octanol–water partition coefficient (Wildman–Crippen LogP) is 10.3. The summed E-state index contributed by atoms with van der Waals surface area (Å²) in [5.41, 5.74) is 0. The minimum absolute atomic E-state index is 0.691. The monoisotopic (exact) mass is 608 g/mol. The summed E-state index contributed by atoms with van der Waals surface area (Å²) < 4.78 is 12.0. The van der Waals surface area contributed by atoms with E-state index in [9.17, 15) is 0 Å². The standard InChI is InChI=1S/C25H21BrOS6/c26-10-5-12-28-21-15-30-24(32-21)25-31-16-22(33-25)29-13-11-27-23-19-8-3-1-6-17(19)14-18-7-2-4-9-20(18)23/h1-4,6-9,14-16H,5,10-13H2/b25-24+. The topological polar surface area (TPSA) is 9.23 Å². The maximum Gasteiger partial charge on any atom is 0.134 e. The summed E-state index contributed by atoms with van der Waals surface area (Å²) in [5.74, 6) is 3.12. The molecular formula is C25H21BrOS6. The van der Waals surface area contributed by atoms with Gasteiger partial charge in [0.25, 0.3) is 0 Å². The number of halogens is 1. The van der Waals surface area contributed by atoms with E-state index in [1.807, 2.05) is 70.6 Å². The van der Waals surface area contributed by atoms with Gasteiger partial charge in [-0.15, -0.1) is 23.5 Å². The van der Waals surface area contributed by atoms with Crippen molar-refractivity contribution >= 4 is 108 Å². The third kappa shape index (κ3) is 6.13. The maximum atomic E-state index is 6.38. The summed E-state index contributed by atoms with van der Waals surface area (Å²) in [7, 11) is 0. The first-order valence-electron chi connectivity index (χ1n) is 10.5. The van der Waals surface area contributed by atoms with Gasteiger partial charge in [0.2, 0.25) is 0 Å². The molecule has 0 bridgehead atoms. The smallest absolute Gasteiger partial charge is 0.134 e. The van der Waals surface area contributed by atoms with Crippen LogP contribution in [0.15, 0.2) is 82.4 Å². The summed E-state index contributed by atoms with van der Waals surface area (Å²) in [6.07, 6.45) is 1.21. The fourth-order valence-corrected chi connectivity index (χ4v) is 11.7. The van der Waals surface area contributed by atoms with Crippen LogP contribution >= 0.6 is 86.5 Å². The molecule has 8 heteroatoms. The Kier molecular flexibility index (Phi) is 9.01. The van der Waals surface area contributed by atoms with Crippen molar-refractivity contribution in [2.24, 2.45) is 0 Å². The van der Waals surface area contributed by atoms with Gasteiger partial charge in [0.1, 0.15) is 5.75 Å². The third-order valence-electron chi connectivity index (χ3n) is 4.90. The Morgan fingerprint density at radius 2 is 1.33 bits per heavy atom. The van der Waals surface area contributed by atoms with E-state index >= 15 is 0 Å². The van der Waals surface area contributed by atoms with Gasteiger partial charge in [0.15, 0.2) is 0 Å². The highest BCUT2D eigenvalue weighted by Crippen LogP contribution is 2.58. The molecule has 0 unspecified atom stereocenters. The Balaban J connectivity index is 1.16. The van der Waals surface area contributed by atoms with E-state index in [2.05, 4.69) is 81.3 Å². The Morgan fingerprint density at radius 3 is 1.94 bits per heavy atom. The lowest BCUT2D eigenvalue weighted by Gasteiger charge is -2.13. The van der Waals surface area contributed by atoms with Gasteiger partial charge in [0.05, 0.1) is 23.6 Å². The molecule has 0 saturated heterocycles. The molecule has 2 aliphatic heterocycles. The van der Waals surface area contributed by atoms with Gasteiger partial charge in [-0.05, 0) is 39.8 Å².